The SMILES string of the molecule is CN1Cc2cn[nH]c2C1.Cl. The molecule has 0 radical (unpaired) electrons. The van der Waals surface area contributed by atoms with E-state index in [9.17, 15) is 0 Å². The summed E-state index contributed by atoms with van der Waals surface area (Å²) in [5.41, 5.74) is 2.62. The average Bonchev–Trinajstić information content (AvgIpc) is 2.22. The zero-order valence-corrected chi connectivity index (χ0v) is 6.61. The Morgan fingerprint density at radius 2 is 2.40 bits per heavy atom. The second kappa shape index (κ2) is 2.60. The van der Waals surface area contributed by atoms with Crippen molar-refractivity contribution in [3.8, 4) is 0 Å². The summed E-state index contributed by atoms with van der Waals surface area (Å²) in [7, 11) is 2.10. The Morgan fingerprint density at radius 3 is 3.10 bits per heavy atom. The van der Waals surface area contributed by atoms with Gasteiger partial charge in [0.2, 0.25) is 0 Å². The van der Waals surface area contributed by atoms with Crippen LogP contribution in [0.25, 0.3) is 0 Å². The molecule has 3 nitrogen and oxygen atoms in total. The van der Waals surface area contributed by atoms with Crippen LogP contribution in [-0.4, -0.2) is 22.1 Å². The molecule has 1 N–H and O–H groups in total. The summed E-state index contributed by atoms with van der Waals surface area (Å²) >= 11 is 0. The molecule has 56 valence electrons. The van der Waals surface area contributed by atoms with Crippen molar-refractivity contribution in [3.05, 3.63) is 17.5 Å². The summed E-state index contributed by atoms with van der Waals surface area (Å²) in [6.07, 6.45) is 1.90. The molecular weight excluding hydrogens is 150 g/mol. The molecule has 1 aliphatic rings. The first kappa shape index (κ1) is 7.57. The first-order valence-electron chi connectivity index (χ1n) is 3.06. The lowest BCUT2D eigenvalue weighted by molar-refractivity contribution is 0.348. The van der Waals surface area contributed by atoms with Crippen LogP contribution in [0, 0.1) is 0 Å². The molecule has 0 bridgehead atoms. The normalized spacial score (nSPS) is 16.5. The zero-order chi connectivity index (χ0) is 6.27. The molecule has 1 aromatic heterocycles. The topological polar surface area (TPSA) is 31.9 Å². The van der Waals surface area contributed by atoms with E-state index < -0.39 is 0 Å². The fourth-order valence-electron chi connectivity index (χ4n) is 1.23. The average molecular weight is 160 g/mol. The van der Waals surface area contributed by atoms with E-state index in [1.165, 1.54) is 11.3 Å². The lowest BCUT2D eigenvalue weighted by atomic mass is 10.3. The van der Waals surface area contributed by atoms with Crippen molar-refractivity contribution in [2.45, 2.75) is 13.1 Å². The molecule has 2 rings (SSSR count). The van der Waals surface area contributed by atoms with E-state index in [4.69, 9.17) is 0 Å². The van der Waals surface area contributed by atoms with Crippen LogP contribution in [0.1, 0.15) is 11.3 Å². The van der Waals surface area contributed by atoms with E-state index in [0.717, 1.165) is 13.1 Å². The predicted octanol–water partition coefficient (Wildman–Crippen LogP) is 0.777. The predicted molar refractivity (Wildman–Crippen MR) is 41.0 cm³/mol. The molecule has 0 unspecified atom stereocenters. The Labute approximate surface area is 65.8 Å². The lowest BCUT2D eigenvalue weighted by Crippen LogP contribution is -2.08. The molecule has 0 fully saturated rings. The third-order valence-electron chi connectivity index (χ3n) is 1.68. The van der Waals surface area contributed by atoms with E-state index in [0.29, 0.717) is 0 Å². The van der Waals surface area contributed by atoms with E-state index in [1.54, 1.807) is 0 Å². The molecule has 0 atom stereocenters. The minimum atomic E-state index is 0. The fourth-order valence-corrected chi connectivity index (χ4v) is 1.23. The molecule has 0 aliphatic carbocycles. The van der Waals surface area contributed by atoms with Gasteiger partial charge in [0.15, 0.2) is 0 Å². The molecule has 10 heavy (non-hydrogen) atoms. The Bertz CT molecular complexity index is 200. The highest BCUT2D eigenvalue weighted by Gasteiger charge is 2.15. The molecule has 1 aromatic rings. The van der Waals surface area contributed by atoms with Gasteiger partial charge in [-0.3, -0.25) is 10.00 Å². The maximum atomic E-state index is 3.93. The molecule has 0 saturated carbocycles. The van der Waals surface area contributed by atoms with Gasteiger partial charge in [-0.1, -0.05) is 0 Å². The maximum Gasteiger partial charge on any atom is 0.0537 e. The van der Waals surface area contributed by atoms with Crippen LogP contribution in [0.4, 0.5) is 0 Å². The van der Waals surface area contributed by atoms with Gasteiger partial charge in [-0.25, -0.2) is 0 Å². The second-order valence-electron chi connectivity index (χ2n) is 2.55. The summed E-state index contributed by atoms with van der Waals surface area (Å²) < 4.78 is 0. The van der Waals surface area contributed by atoms with Gasteiger partial charge in [-0.05, 0) is 7.05 Å². The molecule has 1 aliphatic heterocycles. The third-order valence-corrected chi connectivity index (χ3v) is 1.68. The Balaban J connectivity index is 0.000000500. The number of nitrogens with one attached hydrogen (secondary N) is 1. The zero-order valence-electron chi connectivity index (χ0n) is 5.79. The van der Waals surface area contributed by atoms with Crippen molar-refractivity contribution in [1.29, 1.82) is 0 Å². The Hall–Kier alpha value is -0.540. The van der Waals surface area contributed by atoms with E-state index >= 15 is 0 Å². The number of aromatic nitrogens is 2. The van der Waals surface area contributed by atoms with Crippen LogP contribution in [0.5, 0.6) is 0 Å². The van der Waals surface area contributed by atoms with E-state index in [-0.39, 0.29) is 12.4 Å². The first-order valence-corrected chi connectivity index (χ1v) is 3.06. The van der Waals surface area contributed by atoms with Crippen LogP contribution in [0.2, 0.25) is 0 Å². The van der Waals surface area contributed by atoms with E-state index in [2.05, 4.69) is 22.1 Å². The number of H-pyrrole nitrogens is 1. The van der Waals surface area contributed by atoms with Gasteiger partial charge in [0, 0.05) is 18.7 Å². The van der Waals surface area contributed by atoms with Gasteiger partial charge in [-0.15, -0.1) is 12.4 Å². The summed E-state index contributed by atoms with van der Waals surface area (Å²) in [6.45, 7) is 2.07. The van der Waals surface area contributed by atoms with Crippen molar-refractivity contribution in [2.75, 3.05) is 7.05 Å². The van der Waals surface area contributed by atoms with Gasteiger partial charge < -0.3 is 0 Å². The standard InChI is InChI=1S/C6H9N3.ClH/c1-9-3-5-2-7-8-6(5)4-9;/h2H,3-4H2,1H3,(H,7,8);1H. The van der Waals surface area contributed by atoms with Gasteiger partial charge in [0.25, 0.3) is 0 Å². The minimum Gasteiger partial charge on any atom is -0.296 e. The van der Waals surface area contributed by atoms with Crippen molar-refractivity contribution >= 4 is 12.4 Å². The molecular formula is C6H10ClN3. The highest BCUT2D eigenvalue weighted by molar-refractivity contribution is 5.85. The summed E-state index contributed by atoms with van der Waals surface area (Å²) in [5.74, 6) is 0. The highest BCUT2D eigenvalue weighted by Crippen LogP contribution is 2.16. The number of fused-ring (bicyclic) bond motifs is 1. The monoisotopic (exact) mass is 159 g/mol. The van der Waals surface area contributed by atoms with Crippen molar-refractivity contribution in [3.63, 3.8) is 0 Å². The van der Waals surface area contributed by atoms with E-state index in [1.807, 2.05) is 6.20 Å². The minimum absolute atomic E-state index is 0. The molecule has 0 aromatic carbocycles. The summed E-state index contributed by atoms with van der Waals surface area (Å²) in [4.78, 5) is 2.25. The number of hydrogen-bond acceptors (Lipinski definition) is 2. The van der Waals surface area contributed by atoms with Gasteiger partial charge in [-0.2, -0.15) is 5.10 Å². The quantitative estimate of drug-likeness (QED) is 0.607. The van der Waals surface area contributed by atoms with Crippen molar-refractivity contribution in [1.82, 2.24) is 15.1 Å². The highest BCUT2D eigenvalue weighted by atomic mass is 35.5. The third kappa shape index (κ3) is 1.02. The van der Waals surface area contributed by atoms with Crippen LogP contribution in [0.15, 0.2) is 6.20 Å². The van der Waals surface area contributed by atoms with Crippen molar-refractivity contribution < 1.29 is 0 Å². The number of halogens is 1. The van der Waals surface area contributed by atoms with Crippen LogP contribution in [-0.2, 0) is 13.1 Å². The lowest BCUT2D eigenvalue weighted by Gasteiger charge is -2.02. The van der Waals surface area contributed by atoms with Gasteiger partial charge in [0.05, 0.1) is 11.9 Å². The first-order chi connectivity index (χ1) is 4.36. The molecule has 4 heteroatoms. The molecule has 0 spiro atoms. The van der Waals surface area contributed by atoms with Gasteiger partial charge in [0.1, 0.15) is 0 Å². The van der Waals surface area contributed by atoms with Crippen LogP contribution < -0.4 is 0 Å². The second-order valence-corrected chi connectivity index (χ2v) is 2.55. The van der Waals surface area contributed by atoms with Crippen LogP contribution in [0.3, 0.4) is 0 Å². The molecule has 2 heterocycles. The Kier molecular flexibility index (Phi) is 1.97. The number of aromatic amines is 1. The molecule has 0 saturated heterocycles. The fraction of sp³-hybridized carbons (Fsp3) is 0.500. The number of rotatable bonds is 0. The largest absolute Gasteiger partial charge is 0.296 e. The number of nitrogens with zero attached hydrogens (tertiary/aromatic N) is 2. The van der Waals surface area contributed by atoms with Gasteiger partial charge >= 0.3 is 0 Å². The molecule has 0 amide bonds. The summed E-state index contributed by atoms with van der Waals surface area (Å²) in [6, 6.07) is 0. The smallest absolute Gasteiger partial charge is 0.0537 e. The maximum absolute atomic E-state index is 3.93. The van der Waals surface area contributed by atoms with Crippen LogP contribution >= 0.6 is 12.4 Å². The summed E-state index contributed by atoms with van der Waals surface area (Å²) in [5, 5.41) is 6.88. The van der Waals surface area contributed by atoms with Crippen molar-refractivity contribution in [2.24, 2.45) is 0 Å². The Morgan fingerprint density at radius 1 is 1.60 bits per heavy atom. The number of hydrogen-bond donors (Lipinski definition) is 1.